The lowest BCUT2D eigenvalue weighted by Gasteiger charge is -2.17. The predicted molar refractivity (Wildman–Crippen MR) is 80.1 cm³/mol. The number of pyridine rings is 1. The normalized spacial score (nSPS) is 12.3. The highest BCUT2D eigenvalue weighted by Gasteiger charge is 2.10. The third kappa shape index (κ3) is 3.45. The van der Waals surface area contributed by atoms with E-state index in [9.17, 15) is 4.39 Å². The van der Waals surface area contributed by atoms with Crippen molar-refractivity contribution in [2.24, 2.45) is 0 Å². The fourth-order valence-corrected chi connectivity index (χ4v) is 2.37. The lowest BCUT2D eigenvalue weighted by Crippen LogP contribution is -2.08. The van der Waals surface area contributed by atoms with E-state index >= 15 is 0 Å². The second-order valence-corrected chi connectivity index (χ2v) is 5.55. The highest BCUT2D eigenvalue weighted by atomic mass is 79.9. The van der Waals surface area contributed by atoms with Crippen molar-refractivity contribution in [1.29, 1.82) is 0 Å². The maximum absolute atomic E-state index is 13.2. The Morgan fingerprint density at radius 1 is 1.32 bits per heavy atom. The van der Waals surface area contributed by atoms with Gasteiger partial charge in [0.05, 0.1) is 15.9 Å². The van der Waals surface area contributed by atoms with E-state index in [-0.39, 0.29) is 11.9 Å². The Hall–Kier alpha value is -1.13. The molecule has 1 unspecified atom stereocenters. The van der Waals surface area contributed by atoms with Gasteiger partial charge in [0.25, 0.3) is 0 Å². The first-order chi connectivity index (χ1) is 8.97. The molecule has 0 amide bonds. The predicted octanol–water partition coefficient (Wildman–Crippen LogP) is 5.12. The molecule has 5 heteroatoms. The van der Waals surface area contributed by atoms with Gasteiger partial charge in [-0.05, 0) is 59.6 Å². The zero-order valence-electron chi connectivity index (χ0n) is 10.5. The quantitative estimate of drug-likeness (QED) is 0.783. The summed E-state index contributed by atoms with van der Waals surface area (Å²) in [5.41, 5.74) is 2.74. The van der Waals surface area contributed by atoms with Crippen LogP contribution in [0.3, 0.4) is 0 Å². The lowest BCUT2D eigenvalue weighted by molar-refractivity contribution is 0.619. The van der Waals surface area contributed by atoms with E-state index in [4.69, 9.17) is 11.6 Å². The van der Waals surface area contributed by atoms with Gasteiger partial charge >= 0.3 is 0 Å². The van der Waals surface area contributed by atoms with Crippen molar-refractivity contribution in [2.75, 3.05) is 5.32 Å². The van der Waals surface area contributed by atoms with Crippen molar-refractivity contribution in [3.63, 3.8) is 0 Å². The number of aryl methyl sites for hydroxylation is 1. The van der Waals surface area contributed by atoms with Crippen LogP contribution >= 0.6 is 27.5 Å². The van der Waals surface area contributed by atoms with Gasteiger partial charge in [0.15, 0.2) is 0 Å². The highest BCUT2D eigenvalue weighted by molar-refractivity contribution is 9.10. The van der Waals surface area contributed by atoms with Crippen LogP contribution in [0.4, 0.5) is 10.1 Å². The van der Waals surface area contributed by atoms with Crippen LogP contribution in [-0.4, -0.2) is 4.98 Å². The van der Waals surface area contributed by atoms with Crippen LogP contribution in [0.1, 0.15) is 24.2 Å². The van der Waals surface area contributed by atoms with Crippen molar-refractivity contribution in [3.8, 4) is 0 Å². The Kier molecular flexibility index (Phi) is 4.42. The smallest absolute Gasteiger partial charge is 0.137 e. The second kappa shape index (κ2) is 5.88. The molecule has 0 bridgehead atoms. The summed E-state index contributed by atoms with van der Waals surface area (Å²) in [5.74, 6) is -0.264. The van der Waals surface area contributed by atoms with Crippen molar-refractivity contribution < 1.29 is 4.39 Å². The molecule has 2 aromatic rings. The van der Waals surface area contributed by atoms with E-state index in [1.165, 1.54) is 6.07 Å². The van der Waals surface area contributed by atoms with Crippen molar-refractivity contribution in [1.82, 2.24) is 4.98 Å². The van der Waals surface area contributed by atoms with E-state index in [1.54, 1.807) is 18.2 Å². The molecule has 1 aromatic carbocycles. The molecule has 0 radical (unpaired) electrons. The maximum atomic E-state index is 13.2. The third-order valence-electron chi connectivity index (χ3n) is 2.87. The zero-order valence-corrected chi connectivity index (χ0v) is 12.9. The number of aromatic nitrogens is 1. The molecular weight excluding hydrogens is 331 g/mol. The Labute approximate surface area is 125 Å². The minimum atomic E-state index is -0.264. The van der Waals surface area contributed by atoms with E-state index in [1.807, 2.05) is 19.9 Å². The molecule has 19 heavy (non-hydrogen) atoms. The standard InChI is InChI=1S/C14H13BrClFN2/c1-8(10-3-4-12(17)11(15)7-10)18-13-5-6-14(16)19-9(13)2/h3-8,18H,1-2H3. The monoisotopic (exact) mass is 342 g/mol. The number of nitrogens with zero attached hydrogens (tertiary/aromatic N) is 1. The fraction of sp³-hybridized carbons (Fsp3) is 0.214. The summed E-state index contributed by atoms with van der Waals surface area (Å²) in [6.07, 6.45) is 0. The van der Waals surface area contributed by atoms with Gasteiger partial charge in [0, 0.05) is 6.04 Å². The van der Waals surface area contributed by atoms with E-state index in [0.29, 0.717) is 9.63 Å². The first-order valence-corrected chi connectivity index (χ1v) is 6.99. The van der Waals surface area contributed by atoms with E-state index in [2.05, 4.69) is 26.2 Å². The number of benzene rings is 1. The van der Waals surface area contributed by atoms with Crippen LogP contribution < -0.4 is 5.32 Å². The molecule has 2 nitrogen and oxygen atoms in total. The summed E-state index contributed by atoms with van der Waals surface area (Å²) in [6.45, 7) is 3.90. The zero-order chi connectivity index (χ0) is 14.0. The first-order valence-electron chi connectivity index (χ1n) is 5.82. The average molecular weight is 344 g/mol. The van der Waals surface area contributed by atoms with Gasteiger partial charge in [-0.2, -0.15) is 0 Å². The van der Waals surface area contributed by atoms with Crippen LogP contribution in [0.2, 0.25) is 5.15 Å². The van der Waals surface area contributed by atoms with Gasteiger partial charge in [0.2, 0.25) is 0 Å². The molecule has 1 N–H and O–H groups in total. The molecule has 0 saturated carbocycles. The Morgan fingerprint density at radius 3 is 2.68 bits per heavy atom. The molecule has 2 rings (SSSR count). The summed E-state index contributed by atoms with van der Waals surface area (Å²) >= 11 is 9.01. The Morgan fingerprint density at radius 2 is 2.05 bits per heavy atom. The van der Waals surface area contributed by atoms with Gasteiger partial charge in [0.1, 0.15) is 11.0 Å². The lowest BCUT2D eigenvalue weighted by atomic mass is 10.1. The molecule has 0 aliphatic rings. The van der Waals surface area contributed by atoms with Crippen molar-refractivity contribution in [2.45, 2.75) is 19.9 Å². The SMILES string of the molecule is Cc1nc(Cl)ccc1NC(C)c1ccc(F)c(Br)c1. The molecular formula is C14H13BrClFN2. The minimum Gasteiger partial charge on any atom is -0.377 e. The van der Waals surface area contributed by atoms with Gasteiger partial charge in [-0.1, -0.05) is 17.7 Å². The molecule has 0 aliphatic heterocycles. The topological polar surface area (TPSA) is 24.9 Å². The number of hydrogen-bond donors (Lipinski definition) is 1. The number of rotatable bonds is 3. The molecule has 0 spiro atoms. The first kappa shape index (κ1) is 14.3. The molecule has 100 valence electrons. The van der Waals surface area contributed by atoms with Gasteiger partial charge < -0.3 is 5.32 Å². The van der Waals surface area contributed by atoms with Crippen molar-refractivity contribution >= 4 is 33.2 Å². The summed E-state index contributed by atoms with van der Waals surface area (Å²) in [6, 6.07) is 8.65. The van der Waals surface area contributed by atoms with Gasteiger partial charge in [-0.3, -0.25) is 0 Å². The summed E-state index contributed by atoms with van der Waals surface area (Å²) in [5, 5.41) is 3.81. The number of hydrogen-bond acceptors (Lipinski definition) is 2. The largest absolute Gasteiger partial charge is 0.377 e. The molecule has 0 saturated heterocycles. The van der Waals surface area contributed by atoms with Gasteiger partial charge in [-0.25, -0.2) is 9.37 Å². The molecule has 1 aromatic heterocycles. The van der Waals surface area contributed by atoms with E-state index < -0.39 is 0 Å². The average Bonchev–Trinajstić information content (AvgIpc) is 2.36. The van der Waals surface area contributed by atoms with Crippen LogP contribution in [0.25, 0.3) is 0 Å². The second-order valence-electron chi connectivity index (χ2n) is 4.31. The minimum absolute atomic E-state index is 0.0403. The number of halogens is 3. The Bertz CT molecular complexity index is 604. The number of nitrogens with one attached hydrogen (secondary N) is 1. The molecule has 1 heterocycles. The molecule has 0 aliphatic carbocycles. The Balaban J connectivity index is 2.20. The molecule has 1 atom stereocenters. The van der Waals surface area contributed by atoms with E-state index in [0.717, 1.165) is 16.9 Å². The number of anilines is 1. The summed E-state index contributed by atoms with van der Waals surface area (Å²) < 4.78 is 13.7. The van der Waals surface area contributed by atoms with Crippen molar-refractivity contribution in [3.05, 3.63) is 57.0 Å². The van der Waals surface area contributed by atoms with Crippen LogP contribution in [0, 0.1) is 12.7 Å². The highest BCUT2D eigenvalue weighted by Crippen LogP contribution is 2.25. The fourth-order valence-electron chi connectivity index (χ4n) is 1.78. The maximum Gasteiger partial charge on any atom is 0.137 e. The molecule has 0 fully saturated rings. The van der Waals surface area contributed by atoms with Crippen LogP contribution in [0.15, 0.2) is 34.8 Å². The van der Waals surface area contributed by atoms with Gasteiger partial charge in [-0.15, -0.1) is 0 Å². The third-order valence-corrected chi connectivity index (χ3v) is 3.69. The summed E-state index contributed by atoms with van der Waals surface area (Å²) in [7, 11) is 0. The summed E-state index contributed by atoms with van der Waals surface area (Å²) in [4.78, 5) is 4.19. The van der Waals surface area contributed by atoms with Crippen LogP contribution in [-0.2, 0) is 0 Å². The van der Waals surface area contributed by atoms with Crippen LogP contribution in [0.5, 0.6) is 0 Å².